The minimum Gasteiger partial charge on any atom is -0.393 e. The van der Waals surface area contributed by atoms with E-state index in [1.807, 2.05) is 18.2 Å². The van der Waals surface area contributed by atoms with Crippen LogP contribution in [0.15, 0.2) is 18.2 Å². The van der Waals surface area contributed by atoms with Crippen LogP contribution in [0.1, 0.15) is 37.5 Å². The number of aromatic nitrogens is 2. The van der Waals surface area contributed by atoms with E-state index in [-0.39, 0.29) is 6.10 Å². The highest BCUT2D eigenvalue weighted by molar-refractivity contribution is 6.31. The Labute approximate surface area is 122 Å². The van der Waals surface area contributed by atoms with Gasteiger partial charge < -0.3 is 9.67 Å². The van der Waals surface area contributed by atoms with E-state index >= 15 is 0 Å². The number of hydrogen-bond acceptors (Lipinski definition) is 2. The molecule has 1 aromatic carbocycles. The van der Waals surface area contributed by atoms with Gasteiger partial charge in [-0.05, 0) is 43.9 Å². The molecule has 1 aliphatic rings. The minimum absolute atomic E-state index is 0.153. The van der Waals surface area contributed by atoms with Crippen LogP contribution in [-0.2, 0) is 5.88 Å². The highest BCUT2D eigenvalue weighted by Crippen LogP contribution is 2.33. The van der Waals surface area contributed by atoms with E-state index in [0.717, 1.165) is 42.5 Å². The molecule has 0 amide bonds. The average molecular weight is 299 g/mol. The maximum atomic E-state index is 9.63. The van der Waals surface area contributed by atoms with Crippen molar-refractivity contribution in [2.45, 2.75) is 43.7 Å². The molecule has 2 aromatic rings. The highest BCUT2D eigenvalue weighted by atomic mass is 35.5. The predicted octanol–water partition coefficient (Wildman–Crippen LogP) is 3.90. The van der Waals surface area contributed by atoms with E-state index in [9.17, 15) is 5.11 Å². The summed E-state index contributed by atoms with van der Waals surface area (Å²) < 4.78 is 2.23. The van der Waals surface area contributed by atoms with Crippen molar-refractivity contribution in [3.63, 3.8) is 0 Å². The third-order valence-electron chi connectivity index (χ3n) is 3.88. The molecule has 1 aromatic heterocycles. The fraction of sp³-hybridized carbons (Fsp3) is 0.500. The topological polar surface area (TPSA) is 38.0 Å². The van der Waals surface area contributed by atoms with Crippen molar-refractivity contribution in [2.24, 2.45) is 0 Å². The van der Waals surface area contributed by atoms with Crippen LogP contribution in [0.3, 0.4) is 0 Å². The average Bonchev–Trinajstić information content (AvgIpc) is 2.77. The fourth-order valence-corrected chi connectivity index (χ4v) is 3.29. The Hall–Kier alpha value is -0.770. The number of aliphatic hydroxyl groups is 1. The third-order valence-corrected chi connectivity index (χ3v) is 4.35. The lowest BCUT2D eigenvalue weighted by atomic mass is 9.93. The maximum Gasteiger partial charge on any atom is 0.125 e. The Morgan fingerprint density at radius 2 is 2.00 bits per heavy atom. The van der Waals surface area contributed by atoms with Crippen LogP contribution >= 0.6 is 23.2 Å². The molecule has 0 unspecified atom stereocenters. The second-order valence-electron chi connectivity index (χ2n) is 5.13. The third kappa shape index (κ3) is 2.47. The standard InChI is InChI=1S/C14H16Cl2N2O/c15-8-14-17-12-7-9(16)1-6-13(12)18(14)10-2-4-11(19)5-3-10/h1,6-7,10-11,19H,2-5,8H2/t10-,11-. The van der Waals surface area contributed by atoms with Crippen LogP contribution in [0.25, 0.3) is 11.0 Å². The van der Waals surface area contributed by atoms with Crippen molar-refractivity contribution in [3.05, 3.63) is 29.0 Å². The van der Waals surface area contributed by atoms with Gasteiger partial charge >= 0.3 is 0 Å². The first-order valence-corrected chi connectivity index (χ1v) is 7.50. The smallest absolute Gasteiger partial charge is 0.125 e. The Morgan fingerprint density at radius 3 is 2.68 bits per heavy atom. The van der Waals surface area contributed by atoms with Crippen molar-refractivity contribution in [1.29, 1.82) is 0 Å². The quantitative estimate of drug-likeness (QED) is 0.854. The molecule has 1 heterocycles. The monoisotopic (exact) mass is 298 g/mol. The summed E-state index contributed by atoms with van der Waals surface area (Å²) in [6, 6.07) is 6.15. The van der Waals surface area contributed by atoms with Crippen LogP contribution in [0.5, 0.6) is 0 Å². The SMILES string of the molecule is O[C@H]1CC[C@H](n2c(CCl)nc3cc(Cl)ccc32)CC1. The van der Waals surface area contributed by atoms with Gasteiger partial charge in [-0.2, -0.15) is 0 Å². The van der Waals surface area contributed by atoms with Crippen LogP contribution in [-0.4, -0.2) is 20.8 Å². The minimum atomic E-state index is -0.153. The molecule has 3 rings (SSSR count). The zero-order valence-electron chi connectivity index (χ0n) is 10.5. The number of halogens is 2. The molecule has 1 saturated carbocycles. The number of rotatable bonds is 2. The molecule has 19 heavy (non-hydrogen) atoms. The van der Waals surface area contributed by atoms with E-state index in [1.165, 1.54) is 0 Å². The van der Waals surface area contributed by atoms with Crippen LogP contribution in [0.2, 0.25) is 5.02 Å². The van der Waals surface area contributed by atoms with Crippen LogP contribution < -0.4 is 0 Å². The Balaban J connectivity index is 2.05. The lowest BCUT2D eigenvalue weighted by Gasteiger charge is -2.28. The number of alkyl halides is 1. The van der Waals surface area contributed by atoms with Gasteiger partial charge in [0.25, 0.3) is 0 Å². The molecule has 0 radical (unpaired) electrons. The normalized spacial score (nSPS) is 23.9. The van der Waals surface area contributed by atoms with Crippen molar-refractivity contribution in [3.8, 4) is 0 Å². The number of aliphatic hydroxyl groups excluding tert-OH is 1. The molecule has 0 bridgehead atoms. The lowest BCUT2D eigenvalue weighted by Crippen LogP contribution is -2.22. The lowest BCUT2D eigenvalue weighted by molar-refractivity contribution is 0.111. The summed E-state index contributed by atoms with van der Waals surface area (Å²) in [5.74, 6) is 1.28. The van der Waals surface area contributed by atoms with E-state index in [4.69, 9.17) is 23.2 Å². The summed E-state index contributed by atoms with van der Waals surface area (Å²) in [6.45, 7) is 0. The second-order valence-corrected chi connectivity index (χ2v) is 5.83. The van der Waals surface area contributed by atoms with Gasteiger partial charge in [0.2, 0.25) is 0 Å². The summed E-state index contributed by atoms with van der Waals surface area (Å²) >= 11 is 12.0. The molecule has 0 spiro atoms. The zero-order chi connectivity index (χ0) is 13.4. The zero-order valence-corrected chi connectivity index (χ0v) is 12.0. The molecular formula is C14H16Cl2N2O. The Bertz CT molecular complexity index is 588. The summed E-state index contributed by atoms with van der Waals surface area (Å²) in [4.78, 5) is 4.57. The van der Waals surface area contributed by atoms with Gasteiger partial charge in [-0.25, -0.2) is 4.98 Å². The summed E-state index contributed by atoms with van der Waals surface area (Å²) in [6.07, 6.45) is 3.48. The molecule has 1 N–H and O–H groups in total. The first-order chi connectivity index (χ1) is 9.19. The highest BCUT2D eigenvalue weighted by Gasteiger charge is 2.24. The fourth-order valence-electron chi connectivity index (χ4n) is 2.94. The van der Waals surface area contributed by atoms with Gasteiger partial charge in [0.1, 0.15) is 5.82 Å². The van der Waals surface area contributed by atoms with Gasteiger partial charge in [-0.3, -0.25) is 0 Å². The van der Waals surface area contributed by atoms with Crippen molar-refractivity contribution < 1.29 is 5.11 Å². The van der Waals surface area contributed by atoms with Gasteiger partial charge in [-0.1, -0.05) is 11.6 Å². The second kappa shape index (κ2) is 5.31. The first-order valence-electron chi connectivity index (χ1n) is 6.59. The first kappa shape index (κ1) is 13.2. The van der Waals surface area contributed by atoms with Crippen molar-refractivity contribution >= 4 is 34.2 Å². The molecular weight excluding hydrogens is 283 g/mol. The summed E-state index contributed by atoms with van der Waals surface area (Å²) in [5, 5.41) is 10.3. The molecule has 0 atom stereocenters. The number of benzene rings is 1. The molecule has 5 heteroatoms. The number of nitrogens with zero attached hydrogens (tertiary/aromatic N) is 2. The number of imidazole rings is 1. The number of fused-ring (bicyclic) bond motifs is 1. The summed E-state index contributed by atoms with van der Waals surface area (Å²) in [5.41, 5.74) is 1.98. The molecule has 0 saturated heterocycles. The van der Waals surface area contributed by atoms with E-state index < -0.39 is 0 Å². The van der Waals surface area contributed by atoms with E-state index in [1.54, 1.807) is 0 Å². The molecule has 1 fully saturated rings. The van der Waals surface area contributed by atoms with Gasteiger partial charge in [0.05, 0.1) is 23.0 Å². The molecule has 0 aliphatic heterocycles. The largest absolute Gasteiger partial charge is 0.393 e. The van der Waals surface area contributed by atoms with Gasteiger partial charge in [0.15, 0.2) is 0 Å². The van der Waals surface area contributed by atoms with Gasteiger partial charge in [-0.15, -0.1) is 11.6 Å². The van der Waals surface area contributed by atoms with Crippen molar-refractivity contribution in [2.75, 3.05) is 0 Å². The van der Waals surface area contributed by atoms with E-state index in [2.05, 4.69) is 9.55 Å². The number of hydrogen-bond donors (Lipinski definition) is 1. The van der Waals surface area contributed by atoms with Crippen LogP contribution in [0.4, 0.5) is 0 Å². The molecule has 102 valence electrons. The van der Waals surface area contributed by atoms with Crippen LogP contribution in [0, 0.1) is 0 Å². The van der Waals surface area contributed by atoms with E-state index in [0.29, 0.717) is 16.9 Å². The maximum absolute atomic E-state index is 9.63. The predicted molar refractivity (Wildman–Crippen MR) is 77.8 cm³/mol. The molecule has 3 nitrogen and oxygen atoms in total. The van der Waals surface area contributed by atoms with Gasteiger partial charge in [0, 0.05) is 11.1 Å². The molecule has 1 aliphatic carbocycles. The summed E-state index contributed by atoms with van der Waals surface area (Å²) in [7, 11) is 0. The Morgan fingerprint density at radius 1 is 1.26 bits per heavy atom. The van der Waals surface area contributed by atoms with Crippen molar-refractivity contribution in [1.82, 2.24) is 9.55 Å². The Kier molecular flexibility index (Phi) is 3.70.